The number of nitrogens with one attached hydrogen (secondary N) is 2. The van der Waals surface area contributed by atoms with E-state index in [9.17, 15) is 4.79 Å². The Kier molecular flexibility index (Phi) is 8.52. The zero-order valence-corrected chi connectivity index (χ0v) is 12.7. The second-order valence-corrected chi connectivity index (χ2v) is 5.16. The molecular formula is C11H19Cl2N3OS. The van der Waals surface area contributed by atoms with Crippen LogP contribution in [0.1, 0.15) is 23.5 Å². The first kappa shape index (κ1) is 17.6. The maximum Gasteiger partial charge on any atom is 0.223 e. The zero-order chi connectivity index (χ0) is 11.4. The summed E-state index contributed by atoms with van der Waals surface area (Å²) in [6, 6.07) is 0. The average molecular weight is 312 g/mol. The van der Waals surface area contributed by atoms with Gasteiger partial charge < -0.3 is 10.6 Å². The van der Waals surface area contributed by atoms with Crippen LogP contribution >= 0.6 is 36.2 Å². The van der Waals surface area contributed by atoms with Crippen molar-refractivity contribution in [2.24, 2.45) is 5.92 Å². The van der Waals surface area contributed by atoms with E-state index in [0.717, 1.165) is 36.6 Å². The highest BCUT2D eigenvalue weighted by Crippen LogP contribution is 2.12. The summed E-state index contributed by atoms with van der Waals surface area (Å²) in [5.74, 6) is 0.355. The van der Waals surface area contributed by atoms with E-state index in [0.29, 0.717) is 6.54 Å². The fourth-order valence-electron chi connectivity index (χ4n) is 1.90. The van der Waals surface area contributed by atoms with Crippen LogP contribution in [0, 0.1) is 12.8 Å². The van der Waals surface area contributed by atoms with Crippen LogP contribution in [0.3, 0.4) is 0 Å². The molecule has 7 heteroatoms. The van der Waals surface area contributed by atoms with E-state index < -0.39 is 0 Å². The Morgan fingerprint density at radius 2 is 2.17 bits per heavy atom. The molecule has 2 heterocycles. The Morgan fingerprint density at radius 3 is 2.72 bits per heavy atom. The van der Waals surface area contributed by atoms with Crippen molar-refractivity contribution in [1.82, 2.24) is 15.6 Å². The number of hydrogen-bond donors (Lipinski definition) is 2. The molecule has 1 saturated heterocycles. The molecule has 0 aromatic carbocycles. The largest absolute Gasteiger partial charge is 0.350 e. The summed E-state index contributed by atoms with van der Waals surface area (Å²) >= 11 is 1.62. The summed E-state index contributed by atoms with van der Waals surface area (Å²) in [6.45, 7) is 4.44. The lowest BCUT2D eigenvalue weighted by molar-refractivity contribution is -0.125. The number of halogens is 2. The Labute approximate surface area is 124 Å². The minimum Gasteiger partial charge on any atom is -0.350 e. The molecule has 1 aliphatic rings. The van der Waals surface area contributed by atoms with Crippen LogP contribution in [0.4, 0.5) is 0 Å². The number of carbonyl (C=O) groups excluding carboxylic acids is 1. The van der Waals surface area contributed by atoms with Gasteiger partial charge in [0.15, 0.2) is 0 Å². The summed E-state index contributed by atoms with van der Waals surface area (Å²) in [6.07, 6.45) is 1.89. The highest BCUT2D eigenvalue weighted by molar-refractivity contribution is 7.09. The van der Waals surface area contributed by atoms with Crippen molar-refractivity contribution in [3.63, 3.8) is 0 Å². The van der Waals surface area contributed by atoms with Gasteiger partial charge in [0.1, 0.15) is 0 Å². The van der Waals surface area contributed by atoms with Gasteiger partial charge in [-0.15, -0.1) is 36.2 Å². The van der Waals surface area contributed by atoms with E-state index in [1.54, 1.807) is 11.3 Å². The first-order chi connectivity index (χ1) is 7.75. The monoisotopic (exact) mass is 311 g/mol. The number of piperidine rings is 1. The SMILES string of the molecule is Cc1nc(CNC(=O)C2CCNCC2)cs1.Cl.Cl. The van der Waals surface area contributed by atoms with Crippen LogP contribution in [-0.2, 0) is 11.3 Å². The predicted molar refractivity (Wildman–Crippen MR) is 78.8 cm³/mol. The van der Waals surface area contributed by atoms with Crippen LogP contribution in [0.25, 0.3) is 0 Å². The molecule has 0 atom stereocenters. The molecule has 2 N–H and O–H groups in total. The van der Waals surface area contributed by atoms with Crippen molar-refractivity contribution in [2.75, 3.05) is 13.1 Å². The minimum atomic E-state index is 0. The topological polar surface area (TPSA) is 54.0 Å². The van der Waals surface area contributed by atoms with Gasteiger partial charge in [-0.3, -0.25) is 4.79 Å². The van der Waals surface area contributed by atoms with Crippen LogP contribution in [-0.4, -0.2) is 24.0 Å². The standard InChI is InChI=1S/C11H17N3OS.2ClH/c1-8-14-10(7-16-8)6-13-11(15)9-2-4-12-5-3-9;;/h7,9,12H,2-6H2,1H3,(H,13,15);2*1H. The number of carbonyl (C=O) groups is 1. The van der Waals surface area contributed by atoms with Crippen LogP contribution in [0.15, 0.2) is 5.38 Å². The van der Waals surface area contributed by atoms with E-state index in [1.165, 1.54) is 0 Å². The Bertz CT molecular complexity index is 367. The van der Waals surface area contributed by atoms with Crippen molar-refractivity contribution >= 4 is 42.1 Å². The first-order valence-corrected chi connectivity index (χ1v) is 6.53. The third-order valence-electron chi connectivity index (χ3n) is 2.82. The van der Waals surface area contributed by atoms with Gasteiger partial charge >= 0.3 is 0 Å². The summed E-state index contributed by atoms with van der Waals surface area (Å²) in [5, 5.41) is 9.26. The zero-order valence-electron chi connectivity index (χ0n) is 10.3. The van der Waals surface area contributed by atoms with E-state index in [1.807, 2.05) is 12.3 Å². The maximum atomic E-state index is 11.8. The van der Waals surface area contributed by atoms with E-state index >= 15 is 0 Å². The molecule has 0 radical (unpaired) electrons. The van der Waals surface area contributed by atoms with E-state index in [4.69, 9.17) is 0 Å². The molecule has 1 aromatic heterocycles. The predicted octanol–water partition coefficient (Wildman–Crippen LogP) is 1.91. The third-order valence-corrected chi connectivity index (χ3v) is 3.64. The molecule has 0 spiro atoms. The molecule has 1 amide bonds. The Hall–Kier alpha value is -0.360. The second kappa shape index (κ2) is 8.69. The Balaban J connectivity index is 0.00000144. The quantitative estimate of drug-likeness (QED) is 0.896. The van der Waals surface area contributed by atoms with Crippen LogP contribution in [0.5, 0.6) is 0 Å². The van der Waals surface area contributed by atoms with Gasteiger partial charge in [-0.25, -0.2) is 4.98 Å². The number of amides is 1. The normalized spacial score (nSPS) is 15.4. The number of thiazole rings is 1. The van der Waals surface area contributed by atoms with E-state index in [-0.39, 0.29) is 36.6 Å². The van der Waals surface area contributed by atoms with Gasteiger partial charge in [0.2, 0.25) is 5.91 Å². The van der Waals surface area contributed by atoms with Gasteiger partial charge in [-0.05, 0) is 32.9 Å². The first-order valence-electron chi connectivity index (χ1n) is 5.65. The lowest BCUT2D eigenvalue weighted by atomic mass is 9.97. The van der Waals surface area contributed by atoms with Gasteiger partial charge in [-0.2, -0.15) is 0 Å². The highest BCUT2D eigenvalue weighted by Gasteiger charge is 2.20. The minimum absolute atomic E-state index is 0. The molecule has 0 aliphatic carbocycles. The van der Waals surface area contributed by atoms with Crippen molar-refractivity contribution in [1.29, 1.82) is 0 Å². The van der Waals surface area contributed by atoms with Crippen molar-refractivity contribution in [3.8, 4) is 0 Å². The molecule has 0 unspecified atom stereocenters. The smallest absolute Gasteiger partial charge is 0.223 e. The molecule has 1 fully saturated rings. The van der Waals surface area contributed by atoms with Crippen molar-refractivity contribution < 1.29 is 4.79 Å². The molecule has 18 heavy (non-hydrogen) atoms. The molecule has 1 aromatic rings. The summed E-state index contributed by atoms with van der Waals surface area (Å²) in [7, 11) is 0. The molecule has 1 aliphatic heterocycles. The molecule has 0 saturated carbocycles. The summed E-state index contributed by atoms with van der Waals surface area (Å²) < 4.78 is 0. The van der Waals surface area contributed by atoms with Crippen LogP contribution in [0.2, 0.25) is 0 Å². The molecule has 2 rings (SSSR count). The molecular weight excluding hydrogens is 293 g/mol. The average Bonchev–Trinajstić information content (AvgIpc) is 2.73. The van der Waals surface area contributed by atoms with Crippen molar-refractivity contribution in [2.45, 2.75) is 26.3 Å². The fraction of sp³-hybridized carbons (Fsp3) is 0.636. The van der Waals surface area contributed by atoms with Gasteiger partial charge in [0.25, 0.3) is 0 Å². The van der Waals surface area contributed by atoms with Gasteiger partial charge in [-0.1, -0.05) is 0 Å². The maximum absolute atomic E-state index is 11.8. The number of rotatable bonds is 3. The summed E-state index contributed by atoms with van der Waals surface area (Å²) in [5.41, 5.74) is 0.963. The molecule has 104 valence electrons. The highest BCUT2D eigenvalue weighted by atomic mass is 35.5. The second-order valence-electron chi connectivity index (χ2n) is 4.10. The lowest BCUT2D eigenvalue weighted by Gasteiger charge is -2.21. The van der Waals surface area contributed by atoms with E-state index in [2.05, 4.69) is 15.6 Å². The third kappa shape index (κ3) is 5.10. The van der Waals surface area contributed by atoms with Crippen LogP contribution < -0.4 is 10.6 Å². The lowest BCUT2D eigenvalue weighted by Crippen LogP contribution is -2.37. The van der Waals surface area contributed by atoms with Gasteiger partial charge in [0, 0.05) is 11.3 Å². The molecule has 0 bridgehead atoms. The van der Waals surface area contributed by atoms with Crippen molar-refractivity contribution in [3.05, 3.63) is 16.1 Å². The number of nitrogens with zero attached hydrogens (tertiary/aromatic N) is 1. The summed E-state index contributed by atoms with van der Waals surface area (Å²) in [4.78, 5) is 16.1. The van der Waals surface area contributed by atoms with Gasteiger partial charge in [0.05, 0.1) is 17.2 Å². The number of hydrogen-bond acceptors (Lipinski definition) is 4. The molecule has 4 nitrogen and oxygen atoms in total. The Morgan fingerprint density at radius 1 is 1.50 bits per heavy atom. The number of aromatic nitrogens is 1. The fourth-order valence-corrected chi connectivity index (χ4v) is 2.51. The number of aryl methyl sites for hydroxylation is 1.